The van der Waals surface area contributed by atoms with E-state index in [-0.39, 0.29) is 5.56 Å². The third-order valence-electron chi connectivity index (χ3n) is 5.44. The molecule has 1 fully saturated rings. The van der Waals surface area contributed by atoms with Crippen LogP contribution in [0.15, 0.2) is 69.6 Å². The fourth-order valence-electron chi connectivity index (χ4n) is 4.01. The van der Waals surface area contributed by atoms with Crippen LogP contribution in [0.1, 0.15) is 48.5 Å². The van der Waals surface area contributed by atoms with E-state index in [0.29, 0.717) is 12.3 Å². The van der Waals surface area contributed by atoms with Crippen LogP contribution in [0.2, 0.25) is 0 Å². The Hall–Kier alpha value is -2.92. The number of hydrogen-bond acceptors (Lipinski definition) is 4. The van der Waals surface area contributed by atoms with Crippen molar-refractivity contribution in [1.82, 2.24) is 14.9 Å². The number of H-pyrrole nitrogens is 1. The predicted molar refractivity (Wildman–Crippen MR) is 115 cm³/mol. The molecule has 3 aromatic rings. The van der Waals surface area contributed by atoms with Crippen LogP contribution in [0.3, 0.4) is 0 Å². The average Bonchev–Trinajstić information content (AvgIpc) is 3.22. The minimum absolute atomic E-state index is 0.0550. The summed E-state index contributed by atoms with van der Waals surface area (Å²) in [4.78, 5) is 22.3. The Labute approximate surface area is 171 Å². The summed E-state index contributed by atoms with van der Waals surface area (Å²) in [6.45, 7) is 5.10. The van der Waals surface area contributed by atoms with E-state index in [1.807, 2.05) is 30.3 Å². The van der Waals surface area contributed by atoms with Gasteiger partial charge in [-0.05, 0) is 56.6 Å². The number of benzene rings is 1. The van der Waals surface area contributed by atoms with Gasteiger partial charge in [0.15, 0.2) is 0 Å². The molecule has 150 valence electrons. The molecule has 1 aliphatic heterocycles. The Bertz CT molecular complexity index is 998. The lowest BCUT2D eigenvalue weighted by Gasteiger charge is -2.31. The van der Waals surface area contributed by atoms with Gasteiger partial charge in [-0.25, -0.2) is 4.98 Å². The number of aromatic amines is 1. The van der Waals surface area contributed by atoms with Crippen LogP contribution in [-0.4, -0.2) is 34.5 Å². The molecule has 1 saturated heterocycles. The number of likely N-dealkylation sites (tertiary alicyclic amines) is 1. The van der Waals surface area contributed by atoms with E-state index in [4.69, 9.17) is 9.40 Å². The summed E-state index contributed by atoms with van der Waals surface area (Å²) in [7, 11) is 0. The Kier molecular flexibility index (Phi) is 6.06. The van der Waals surface area contributed by atoms with Crippen molar-refractivity contribution in [3.63, 3.8) is 0 Å². The molecule has 0 saturated carbocycles. The van der Waals surface area contributed by atoms with Gasteiger partial charge in [-0.3, -0.25) is 9.69 Å². The number of aromatic nitrogens is 2. The van der Waals surface area contributed by atoms with Crippen molar-refractivity contribution < 1.29 is 4.42 Å². The largest absolute Gasteiger partial charge is 0.465 e. The molecular weight excluding hydrogens is 362 g/mol. The molecule has 29 heavy (non-hydrogen) atoms. The molecule has 5 nitrogen and oxygen atoms in total. The molecule has 0 atom stereocenters. The van der Waals surface area contributed by atoms with Crippen LogP contribution >= 0.6 is 0 Å². The highest BCUT2D eigenvalue weighted by molar-refractivity contribution is 5.46. The van der Waals surface area contributed by atoms with E-state index >= 15 is 0 Å². The van der Waals surface area contributed by atoms with Gasteiger partial charge in [-0.15, -0.1) is 0 Å². The Morgan fingerprint density at radius 2 is 2.00 bits per heavy atom. The Balaban J connectivity index is 1.37. The van der Waals surface area contributed by atoms with Gasteiger partial charge < -0.3 is 9.40 Å². The van der Waals surface area contributed by atoms with Gasteiger partial charge in [0, 0.05) is 24.9 Å². The fraction of sp³-hybridized carbons (Fsp3) is 0.333. The van der Waals surface area contributed by atoms with Crippen LogP contribution in [-0.2, 0) is 6.42 Å². The second-order valence-electron chi connectivity index (χ2n) is 7.84. The van der Waals surface area contributed by atoms with Crippen LogP contribution in [0.4, 0.5) is 0 Å². The van der Waals surface area contributed by atoms with E-state index < -0.39 is 0 Å². The molecule has 0 aliphatic carbocycles. The van der Waals surface area contributed by atoms with Crippen molar-refractivity contribution in [3.8, 4) is 0 Å². The maximum absolute atomic E-state index is 12.2. The predicted octanol–water partition coefficient (Wildman–Crippen LogP) is 4.24. The van der Waals surface area contributed by atoms with Gasteiger partial charge in [0.05, 0.1) is 12.0 Å². The molecule has 1 N–H and O–H groups in total. The van der Waals surface area contributed by atoms with E-state index in [1.54, 1.807) is 12.3 Å². The highest BCUT2D eigenvalue weighted by atomic mass is 16.3. The van der Waals surface area contributed by atoms with Crippen molar-refractivity contribution >= 4 is 6.08 Å². The molecule has 0 amide bonds. The van der Waals surface area contributed by atoms with Crippen molar-refractivity contribution in [2.75, 3.05) is 19.6 Å². The number of hydrogen-bond donors (Lipinski definition) is 1. The zero-order chi connectivity index (χ0) is 20.1. The molecule has 5 heteroatoms. The van der Waals surface area contributed by atoms with Gasteiger partial charge in [-0.2, -0.15) is 0 Å². The van der Waals surface area contributed by atoms with Gasteiger partial charge in [-0.1, -0.05) is 35.9 Å². The highest BCUT2D eigenvalue weighted by Gasteiger charge is 2.22. The molecule has 0 spiro atoms. The summed E-state index contributed by atoms with van der Waals surface area (Å²) < 4.78 is 5.40. The number of furan rings is 1. The molecule has 2 aromatic heterocycles. The lowest BCUT2D eigenvalue weighted by molar-refractivity contribution is 0.226. The number of nitrogens with zero attached hydrogens (tertiary/aromatic N) is 2. The first-order valence-corrected chi connectivity index (χ1v) is 10.2. The summed E-state index contributed by atoms with van der Waals surface area (Å²) in [5.41, 5.74) is 3.32. The van der Waals surface area contributed by atoms with Gasteiger partial charge >= 0.3 is 0 Å². The molecule has 3 heterocycles. The second kappa shape index (κ2) is 9.05. The summed E-state index contributed by atoms with van der Waals surface area (Å²) in [5.74, 6) is 1.99. The first-order chi connectivity index (χ1) is 14.2. The SMILES string of the molecule is CC(=Cc1ccco1)CN1CCC(c2cc(=O)[nH]c(Cc3ccccc3)n2)CC1. The van der Waals surface area contributed by atoms with E-state index in [2.05, 4.69) is 35.0 Å². The summed E-state index contributed by atoms with van der Waals surface area (Å²) in [6.07, 6.45) is 6.50. The van der Waals surface area contributed by atoms with Crippen molar-refractivity contribution in [2.24, 2.45) is 0 Å². The first kappa shape index (κ1) is 19.4. The van der Waals surface area contributed by atoms with Crippen molar-refractivity contribution in [2.45, 2.75) is 32.1 Å². The van der Waals surface area contributed by atoms with Crippen molar-refractivity contribution in [1.29, 1.82) is 0 Å². The molecular formula is C24H27N3O2. The first-order valence-electron chi connectivity index (χ1n) is 10.2. The zero-order valence-electron chi connectivity index (χ0n) is 16.8. The molecule has 0 unspecified atom stereocenters. The Morgan fingerprint density at radius 3 is 2.72 bits per heavy atom. The Morgan fingerprint density at radius 1 is 1.21 bits per heavy atom. The molecule has 0 bridgehead atoms. The quantitative estimate of drug-likeness (QED) is 0.685. The lowest BCUT2D eigenvalue weighted by atomic mass is 9.93. The summed E-state index contributed by atoms with van der Waals surface area (Å²) >= 11 is 0. The topological polar surface area (TPSA) is 62.1 Å². The van der Waals surface area contributed by atoms with Crippen LogP contribution in [0.25, 0.3) is 6.08 Å². The standard InChI is InChI=1S/C24H27N3O2/c1-18(14-21-8-5-13-29-21)17-27-11-9-20(10-12-27)22-16-24(28)26-23(25-22)15-19-6-3-2-4-7-19/h2-8,13-14,16,20H,9-12,15,17H2,1H3,(H,25,26,28). The smallest absolute Gasteiger partial charge is 0.251 e. The number of piperidine rings is 1. The third-order valence-corrected chi connectivity index (χ3v) is 5.44. The minimum atomic E-state index is -0.0550. The average molecular weight is 389 g/mol. The molecule has 1 aromatic carbocycles. The summed E-state index contributed by atoms with van der Waals surface area (Å²) in [5, 5.41) is 0. The van der Waals surface area contributed by atoms with Crippen molar-refractivity contribution in [3.05, 3.63) is 93.6 Å². The second-order valence-corrected chi connectivity index (χ2v) is 7.84. The van der Waals surface area contributed by atoms with Crippen LogP contribution < -0.4 is 5.56 Å². The third kappa shape index (κ3) is 5.33. The fourth-order valence-corrected chi connectivity index (χ4v) is 4.01. The van der Waals surface area contributed by atoms with E-state index in [9.17, 15) is 4.79 Å². The van der Waals surface area contributed by atoms with Gasteiger partial charge in [0.1, 0.15) is 11.6 Å². The van der Waals surface area contributed by atoms with E-state index in [0.717, 1.165) is 55.3 Å². The van der Waals surface area contributed by atoms with Gasteiger partial charge in [0.25, 0.3) is 5.56 Å². The summed E-state index contributed by atoms with van der Waals surface area (Å²) in [6, 6.07) is 15.7. The van der Waals surface area contributed by atoms with E-state index in [1.165, 1.54) is 5.57 Å². The molecule has 4 rings (SSSR count). The normalized spacial score (nSPS) is 16.2. The van der Waals surface area contributed by atoms with Gasteiger partial charge in [0.2, 0.25) is 0 Å². The number of rotatable bonds is 6. The van der Waals surface area contributed by atoms with Crippen LogP contribution in [0.5, 0.6) is 0 Å². The molecule has 0 radical (unpaired) electrons. The molecule has 1 aliphatic rings. The van der Waals surface area contributed by atoms with Crippen LogP contribution in [0, 0.1) is 0 Å². The zero-order valence-corrected chi connectivity index (χ0v) is 16.8. The highest BCUT2D eigenvalue weighted by Crippen LogP contribution is 2.26. The maximum Gasteiger partial charge on any atom is 0.251 e. The monoisotopic (exact) mass is 389 g/mol. The maximum atomic E-state index is 12.2. The number of nitrogens with one attached hydrogen (secondary N) is 1. The minimum Gasteiger partial charge on any atom is -0.465 e. The lowest BCUT2D eigenvalue weighted by Crippen LogP contribution is -2.34.